The summed E-state index contributed by atoms with van der Waals surface area (Å²) in [4.78, 5) is 7.89. The summed E-state index contributed by atoms with van der Waals surface area (Å²) in [7, 11) is 0. The van der Waals surface area contributed by atoms with Crippen LogP contribution in [0, 0.1) is 11.6 Å². The highest BCUT2D eigenvalue weighted by Gasteiger charge is 2.09. The van der Waals surface area contributed by atoms with Gasteiger partial charge < -0.3 is 10.5 Å². The second kappa shape index (κ2) is 5.18. The third-order valence-corrected chi connectivity index (χ3v) is 2.54. The van der Waals surface area contributed by atoms with Crippen LogP contribution in [0.5, 0.6) is 11.6 Å². The molecule has 0 bridgehead atoms. The van der Waals surface area contributed by atoms with Gasteiger partial charge in [0.25, 0.3) is 0 Å². The van der Waals surface area contributed by atoms with Gasteiger partial charge in [-0.2, -0.15) is 4.98 Å². The molecule has 2 aromatic rings. The quantitative estimate of drug-likeness (QED) is 0.685. The number of nitrogen functional groups attached to an aromatic ring is 1. The van der Waals surface area contributed by atoms with E-state index in [-0.39, 0.29) is 17.4 Å². The Labute approximate surface area is 106 Å². The lowest BCUT2D eigenvalue weighted by molar-refractivity contribution is 0.418. The minimum atomic E-state index is -0.681. The molecule has 0 atom stereocenters. The predicted molar refractivity (Wildman–Crippen MR) is 64.7 cm³/mol. The Morgan fingerprint density at radius 1 is 1.22 bits per heavy atom. The molecule has 2 rings (SSSR count). The first-order valence-electron chi connectivity index (χ1n) is 4.90. The maximum atomic E-state index is 13.4. The lowest BCUT2D eigenvalue weighted by atomic mass is 10.3. The van der Waals surface area contributed by atoms with Crippen LogP contribution in [0.15, 0.2) is 29.4 Å². The van der Waals surface area contributed by atoms with Crippen molar-refractivity contribution in [2.24, 2.45) is 0 Å². The van der Waals surface area contributed by atoms with E-state index in [1.807, 2.05) is 0 Å². The van der Waals surface area contributed by atoms with Gasteiger partial charge in [0.1, 0.15) is 11.6 Å². The van der Waals surface area contributed by atoms with Crippen molar-refractivity contribution in [1.29, 1.82) is 0 Å². The molecular formula is C11H9F2N3OS. The first-order valence-corrected chi connectivity index (χ1v) is 6.12. The summed E-state index contributed by atoms with van der Waals surface area (Å²) in [6.45, 7) is 0. The fourth-order valence-corrected chi connectivity index (χ4v) is 1.61. The number of nitrogens with zero attached hydrogens (tertiary/aromatic N) is 2. The first-order chi connectivity index (χ1) is 8.58. The number of aromatic nitrogens is 2. The van der Waals surface area contributed by atoms with Crippen molar-refractivity contribution in [3.05, 3.63) is 35.9 Å². The van der Waals surface area contributed by atoms with E-state index in [2.05, 4.69) is 9.97 Å². The van der Waals surface area contributed by atoms with Crippen LogP contribution in [-0.2, 0) is 0 Å². The molecule has 18 heavy (non-hydrogen) atoms. The van der Waals surface area contributed by atoms with Crippen LogP contribution in [0.3, 0.4) is 0 Å². The smallest absolute Gasteiger partial charge is 0.225 e. The minimum Gasteiger partial charge on any atom is -0.436 e. The number of hydrogen-bond donors (Lipinski definition) is 1. The van der Waals surface area contributed by atoms with E-state index in [1.165, 1.54) is 17.8 Å². The first kappa shape index (κ1) is 12.6. The van der Waals surface area contributed by atoms with Crippen molar-refractivity contribution in [1.82, 2.24) is 9.97 Å². The Kier molecular flexibility index (Phi) is 3.61. The van der Waals surface area contributed by atoms with Gasteiger partial charge in [-0.25, -0.2) is 13.8 Å². The largest absolute Gasteiger partial charge is 0.436 e. The van der Waals surface area contributed by atoms with Crippen LogP contribution in [-0.4, -0.2) is 16.2 Å². The van der Waals surface area contributed by atoms with Crippen LogP contribution >= 0.6 is 11.8 Å². The van der Waals surface area contributed by atoms with Crippen LogP contribution in [0.1, 0.15) is 0 Å². The molecule has 0 radical (unpaired) electrons. The van der Waals surface area contributed by atoms with Crippen molar-refractivity contribution in [2.45, 2.75) is 5.16 Å². The Bertz CT molecular complexity index is 580. The number of anilines is 1. The zero-order valence-electron chi connectivity index (χ0n) is 9.35. The van der Waals surface area contributed by atoms with Crippen molar-refractivity contribution in [3.63, 3.8) is 0 Å². The average molecular weight is 269 g/mol. The second-order valence-electron chi connectivity index (χ2n) is 3.29. The SMILES string of the molecule is CSc1nc(N)cc(Oc2cc(F)ccc2F)n1. The standard InChI is InChI=1S/C11H9F2N3OS/c1-18-11-15-9(14)5-10(16-11)17-8-4-6(12)2-3-7(8)13/h2-5H,1H3,(H2,14,15,16). The zero-order valence-corrected chi connectivity index (χ0v) is 10.2. The fourth-order valence-electron chi connectivity index (χ4n) is 1.23. The molecule has 0 aliphatic heterocycles. The monoisotopic (exact) mass is 269 g/mol. The summed E-state index contributed by atoms with van der Waals surface area (Å²) < 4.78 is 31.5. The number of benzene rings is 1. The molecule has 1 aromatic carbocycles. The van der Waals surface area contributed by atoms with E-state index in [1.54, 1.807) is 6.26 Å². The normalized spacial score (nSPS) is 10.4. The van der Waals surface area contributed by atoms with Gasteiger partial charge in [-0.05, 0) is 18.4 Å². The highest BCUT2D eigenvalue weighted by molar-refractivity contribution is 7.98. The number of nitrogens with two attached hydrogens (primary N) is 1. The maximum Gasteiger partial charge on any atom is 0.225 e. The Balaban J connectivity index is 2.33. The number of halogens is 2. The third kappa shape index (κ3) is 2.86. The van der Waals surface area contributed by atoms with Crippen molar-refractivity contribution >= 4 is 17.6 Å². The summed E-state index contributed by atoms with van der Waals surface area (Å²) in [6, 6.07) is 4.25. The van der Waals surface area contributed by atoms with Crippen LogP contribution in [0.25, 0.3) is 0 Å². The summed E-state index contributed by atoms with van der Waals surface area (Å²) in [6.07, 6.45) is 1.77. The zero-order chi connectivity index (χ0) is 13.1. The molecule has 0 aliphatic rings. The average Bonchev–Trinajstić information content (AvgIpc) is 2.33. The number of ether oxygens (including phenoxy) is 1. The Hall–Kier alpha value is -1.89. The molecule has 0 unspecified atom stereocenters. The summed E-state index contributed by atoms with van der Waals surface area (Å²) in [5, 5.41) is 0.391. The summed E-state index contributed by atoms with van der Waals surface area (Å²) in [5.74, 6) is -1.27. The molecule has 0 saturated heterocycles. The molecule has 1 heterocycles. The van der Waals surface area contributed by atoms with Crippen LogP contribution in [0.2, 0.25) is 0 Å². The predicted octanol–water partition coefficient (Wildman–Crippen LogP) is 2.85. The van der Waals surface area contributed by atoms with Crippen LogP contribution in [0.4, 0.5) is 14.6 Å². The van der Waals surface area contributed by atoms with Gasteiger partial charge in [-0.3, -0.25) is 0 Å². The third-order valence-electron chi connectivity index (χ3n) is 1.99. The lowest BCUT2D eigenvalue weighted by Gasteiger charge is -2.07. The Morgan fingerprint density at radius 2 is 2.00 bits per heavy atom. The molecule has 0 spiro atoms. The van der Waals surface area contributed by atoms with E-state index in [9.17, 15) is 8.78 Å². The van der Waals surface area contributed by atoms with Crippen molar-refractivity contribution in [2.75, 3.05) is 12.0 Å². The molecule has 4 nitrogen and oxygen atoms in total. The van der Waals surface area contributed by atoms with Gasteiger partial charge in [0.05, 0.1) is 0 Å². The fraction of sp³-hybridized carbons (Fsp3) is 0.0909. The van der Waals surface area contributed by atoms with Gasteiger partial charge >= 0.3 is 0 Å². The molecule has 0 amide bonds. The molecule has 7 heteroatoms. The van der Waals surface area contributed by atoms with Gasteiger partial charge in [-0.15, -0.1) is 0 Å². The van der Waals surface area contributed by atoms with Crippen molar-refractivity contribution in [3.8, 4) is 11.6 Å². The van der Waals surface area contributed by atoms with Gasteiger partial charge in [0.2, 0.25) is 5.88 Å². The maximum absolute atomic E-state index is 13.4. The molecule has 0 aliphatic carbocycles. The summed E-state index contributed by atoms with van der Waals surface area (Å²) in [5.41, 5.74) is 5.54. The molecular weight excluding hydrogens is 260 g/mol. The van der Waals surface area contributed by atoms with E-state index in [0.717, 1.165) is 18.2 Å². The number of thioether (sulfide) groups is 1. The highest BCUT2D eigenvalue weighted by Crippen LogP contribution is 2.26. The highest BCUT2D eigenvalue weighted by atomic mass is 32.2. The number of hydrogen-bond acceptors (Lipinski definition) is 5. The minimum absolute atomic E-state index is 0.0661. The van der Waals surface area contributed by atoms with Gasteiger partial charge in [0.15, 0.2) is 16.7 Å². The Morgan fingerprint density at radius 3 is 2.72 bits per heavy atom. The lowest BCUT2D eigenvalue weighted by Crippen LogP contribution is -1.98. The van der Waals surface area contributed by atoms with Crippen molar-refractivity contribution < 1.29 is 13.5 Å². The van der Waals surface area contributed by atoms with Gasteiger partial charge in [-0.1, -0.05) is 11.8 Å². The molecule has 94 valence electrons. The van der Waals surface area contributed by atoms with E-state index in [4.69, 9.17) is 10.5 Å². The van der Waals surface area contributed by atoms with E-state index < -0.39 is 11.6 Å². The van der Waals surface area contributed by atoms with E-state index >= 15 is 0 Å². The second-order valence-corrected chi connectivity index (χ2v) is 4.07. The van der Waals surface area contributed by atoms with E-state index in [0.29, 0.717) is 5.16 Å². The molecule has 0 fully saturated rings. The molecule has 0 saturated carbocycles. The van der Waals surface area contributed by atoms with Gasteiger partial charge in [0, 0.05) is 12.1 Å². The number of rotatable bonds is 3. The summed E-state index contributed by atoms with van der Waals surface area (Å²) >= 11 is 1.26. The topological polar surface area (TPSA) is 61.0 Å². The van der Waals surface area contributed by atoms with Crippen LogP contribution < -0.4 is 10.5 Å². The molecule has 2 N–H and O–H groups in total. The molecule has 1 aromatic heterocycles.